The fourth-order valence-electron chi connectivity index (χ4n) is 3.22. The Bertz CT molecular complexity index is 598. The van der Waals surface area contributed by atoms with E-state index < -0.39 is 0 Å². The minimum absolute atomic E-state index is 0.576. The number of para-hydroxylation sites is 1. The maximum atomic E-state index is 5.99. The van der Waals surface area contributed by atoms with Gasteiger partial charge < -0.3 is 4.57 Å². The van der Waals surface area contributed by atoms with E-state index in [1.165, 1.54) is 36.8 Å². The van der Waals surface area contributed by atoms with Gasteiger partial charge in [-0.25, -0.2) is 4.98 Å². The zero-order valence-corrected chi connectivity index (χ0v) is 13.2. The van der Waals surface area contributed by atoms with Gasteiger partial charge in [-0.2, -0.15) is 0 Å². The molecule has 1 unspecified atom stereocenters. The molecule has 1 saturated carbocycles. The smallest absolute Gasteiger partial charge is 0.111 e. The fourth-order valence-corrected chi connectivity index (χ4v) is 3.39. The molecule has 3 rings (SSSR count). The third-order valence-corrected chi connectivity index (χ3v) is 4.63. The molecule has 108 valence electrons. The molecule has 2 nitrogen and oxygen atoms in total. The molecule has 0 bridgehead atoms. The summed E-state index contributed by atoms with van der Waals surface area (Å²) < 4.78 is 2.49. The van der Waals surface area contributed by atoms with Gasteiger partial charge in [0.1, 0.15) is 5.82 Å². The zero-order valence-electron chi connectivity index (χ0n) is 12.4. The van der Waals surface area contributed by atoms with Crippen LogP contribution in [0, 0.1) is 12.8 Å². The van der Waals surface area contributed by atoms with E-state index in [4.69, 9.17) is 16.6 Å². The van der Waals surface area contributed by atoms with Crippen molar-refractivity contribution in [3.8, 4) is 0 Å². The lowest BCUT2D eigenvalue weighted by molar-refractivity contribution is 0.426. The van der Waals surface area contributed by atoms with Crippen LogP contribution in [0.25, 0.3) is 11.0 Å². The molecule has 20 heavy (non-hydrogen) atoms. The maximum Gasteiger partial charge on any atom is 0.111 e. The summed E-state index contributed by atoms with van der Waals surface area (Å²) in [5.74, 6) is 2.74. The molecular formula is C17H23ClN2. The van der Waals surface area contributed by atoms with Crippen LogP contribution in [-0.2, 0) is 6.42 Å². The first-order chi connectivity index (χ1) is 9.74. The number of hydrogen-bond acceptors (Lipinski definition) is 1. The van der Waals surface area contributed by atoms with Crippen LogP contribution in [0.3, 0.4) is 0 Å². The molecule has 1 heterocycles. The average Bonchev–Trinajstić information content (AvgIpc) is 3.18. The van der Waals surface area contributed by atoms with Crippen LogP contribution in [-0.4, -0.2) is 15.4 Å². The molecule has 0 radical (unpaired) electrons. The van der Waals surface area contributed by atoms with Gasteiger partial charge in [0.25, 0.3) is 0 Å². The van der Waals surface area contributed by atoms with Gasteiger partial charge in [0, 0.05) is 18.3 Å². The van der Waals surface area contributed by atoms with Gasteiger partial charge in [0.2, 0.25) is 0 Å². The van der Waals surface area contributed by atoms with Crippen LogP contribution in [0.4, 0.5) is 0 Å². The third-order valence-electron chi connectivity index (χ3n) is 4.44. The lowest BCUT2D eigenvalue weighted by atomic mass is 10.1. The van der Waals surface area contributed by atoms with Crippen LogP contribution in [0.15, 0.2) is 18.2 Å². The van der Waals surface area contributed by atoms with Crippen LogP contribution in [0.5, 0.6) is 0 Å². The molecule has 0 N–H and O–H groups in total. The summed E-state index contributed by atoms with van der Waals surface area (Å²) in [4.78, 5) is 4.84. The maximum absolute atomic E-state index is 5.99. The normalized spacial score (nSPS) is 16.8. The third kappa shape index (κ3) is 2.58. The van der Waals surface area contributed by atoms with Gasteiger partial charge in [-0.05, 0) is 37.3 Å². The Hall–Kier alpha value is -1.02. The van der Waals surface area contributed by atoms with Gasteiger partial charge >= 0.3 is 0 Å². The van der Waals surface area contributed by atoms with Crippen molar-refractivity contribution < 1.29 is 0 Å². The first kappa shape index (κ1) is 13.9. The highest BCUT2D eigenvalue weighted by atomic mass is 35.5. The number of imidazole rings is 1. The van der Waals surface area contributed by atoms with E-state index >= 15 is 0 Å². The van der Waals surface area contributed by atoms with E-state index in [0.717, 1.165) is 23.7 Å². The van der Waals surface area contributed by atoms with E-state index in [2.05, 4.69) is 36.6 Å². The number of hydrogen-bond donors (Lipinski definition) is 0. The minimum atomic E-state index is 0.576. The van der Waals surface area contributed by atoms with Crippen molar-refractivity contribution in [1.29, 1.82) is 0 Å². The molecule has 0 aliphatic heterocycles. The number of fused-ring (bicyclic) bond motifs is 1. The van der Waals surface area contributed by atoms with Crippen molar-refractivity contribution in [3.05, 3.63) is 29.6 Å². The average molecular weight is 291 g/mol. The molecule has 0 spiro atoms. The molecule has 1 fully saturated rings. The second-order valence-electron chi connectivity index (χ2n) is 6.02. The molecule has 3 heteroatoms. The number of aryl methyl sites for hydroxylation is 2. The molecular weight excluding hydrogens is 268 g/mol. The predicted octanol–water partition coefficient (Wildman–Crippen LogP) is 4.88. The number of alkyl halides is 1. The van der Waals surface area contributed by atoms with Crippen molar-refractivity contribution in [1.82, 2.24) is 9.55 Å². The topological polar surface area (TPSA) is 17.8 Å². The summed E-state index contributed by atoms with van der Waals surface area (Å²) in [5.41, 5.74) is 3.77. The van der Waals surface area contributed by atoms with Gasteiger partial charge in [-0.15, -0.1) is 11.6 Å². The standard InChI is InChI=1S/C17H23ClN2/c1-3-14(11-13-7-8-13)20-16(9-10-18)19-15-6-4-5-12(2)17(15)20/h4-6,13-14H,3,7-11H2,1-2H3. The van der Waals surface area contributed by atoms with Crippen molar-refractivity contribution in [2.75, 3.05) is 5.88 Å². The molecule has 2 aromatic rings. The molecule has 0 amide bonds. The molecule has 1 aromatic carbocycles. The van der Waals surface area contributed by atoms with E-state index in [9.17, 15) is 0 Å². The highest BCUT2D eigenvalue weighted by Gasteiger charge is 2.27. The number of rotatable bonds is 6. The van der Waals surface area contributed by atoms with Crippen LogP contribution in [0.1, 0.15) is 50.0 Å². The highest BCUT2D eigenvalue weighted by Crippen LogP contribution is 2.39. The Morgan fingerprint density at radius 1 is 1.40 bits per heavy atom. The summed E-state index contributed by atoms with van der Waals surface area (Å²) in [5, 5.41) is 0. The van der Waals surface area contributed by atoms with E-state index in [-0.39, 0.29) is 0 Å². The number of aromatic nitrogens is 2. The number of benzene rings is 1. The van der Waals surface area contributed by atoms with Crippen molar-refractivity contribution >= 4 is 22.6 Å². The first-order valence-corrected chi connectivity index (χ1v) is 8.30. The molecule has 1 aliphatic rings. The van der Waals surface area contributed by atoms with E-state index in [0.29, 0.717) is 11.9 Å². The van der Waals surface area contributed by atoms with Crippen LogP contribution >= 0.6 is 11.6 Å². The van der Waals surface area contributed by atoms with E-state index in [1.54, 1.807) is 0 Å². The molecule has 0 saturated heterocycles. The quantitative estimate of drug-likeness (QED) is 0.694. The second kappa shape index (κ2) is 5.77. The molecule has 1 aromatic heterocycles. The highest BCUT2D eigenvalue weighted by molar-refractivity contribution is 6.17. The Balaban J connectivity index is 2.10. The SMILES string of the molecule is CCC(CC1CC1)n1c(CCCl)nc2cccc(C)c21. The van der Waals surface area contributed by atoms with Crippen LogP contribution in [0.2, 0.25) is 0 Å². The summed E-state index contributed by atoms with van der Waals surface area (Å²) >= 11 is 5.99. The Morgan fingerprint density at radius 2 is 2.20 bits per heavy atom. The number of nitrogens with zero attached hydrogens (tertiary/aromatic N) is 2. The minimum Gasteiger partial charge on any atom is -0.325 e. The van der Waals surface area contributed by atoms with E-state index in [1.807, 2.05) is 0 Å². The summed E-state index contributed by atoms with van der Waals surface area (Å²) in [7, 11) is 0. The van der Waals surface area contributed by atoms with Gasteiger partial charge in [0.05, 0.1) is 11.0 Å². The van der Waals surface area contributed by atoms with Gasteiger partial charge in [-0.1, -0.05) is 31.9 Å². The summed E-state index contributed by atoms with van der Waals surface area (Å²) in [6, 6.07) is 6.99. The number of halogens is 1. The van der Waals surface area contributed by atoms with Crippen molar-refractivity contribution in [3.63, 3.8) is 0 Å². The summed E-state index contributed by atoms with van der Waals surface area (Å²) in [6.45, 7) is 4.48. The zero-order chi connectivity index (χ0) is 14.1. The molecule has 1 atom stereocenters. The van der Waals surface area contributed by atoms with Crippen molar-refractivity contribution in [2.45, 2.75) is 52.0 Å². The Labute approximate surface area is 126 Å². The predicted molar refractivity (Wildman–Crippen MR) is 85.6 cm³/mol. The van der Waals surface area contributed by atoms with Gasteiger partial charge in [0.15, 0.2) is 0 Å². The van der Waals surface area contributed by atoms with Crippen molar-refractivity contribution in [2.24, 2.45) is 5.92 Å². The van der Waals surface area contributed by atoms with Gasteiger partial charge in [-0.3, -0.25) is 0 Å². The largest absolute Gasteiger partial charge is 0.325 e. The Morgan fingerprint density at radius 3 is 2.85 bits per heavy atom. The fraction of sp³-hybridized carbons (Fsp3) is 0.588. The lowest BCUT2D eigenvalue weighted by Crippen LogP contribution is -2.13. The summed E-state index contributed by atoms with van der Waals surface area (Å²) in [6.07, 6.45) is 6.15. The monoisotopic (exact) mass is 290 g/mol. The lowest BCUT2D eigenvalue weighted by Gasteiger charge is -2.21. The Kier molecular flexibility index (Phi) is 4.02. The van der Waals surface area contributed by atoms with Crippen LogP contribution < -0.4 is 0 Å². The molecule has 1 aliphatic carbocycles. The first-order valence-electron chi connectivity index (χ1n) is 7.77. The second-order valence-corrected chi connectivity index (χ2v) is 6.40.